The van der Waals surface area contributed by atoms with Gasteiger partial charge in [-0.3, -0.25) is 4.79 Å². The predicted octanol–water partition coefficient (Wildman–Crippen LogP) is 2.83. The van der Waals surface area contributed by atoms with Crippen LogP contribution in [0.2, 0.25) is 0 Å². The highest BCUT2D eigenvalue weighted by molar-refractivity contribution is 5.91. The summed E-state index contributed by atoms with van der Waals surface area (Å²) in [7, 11) is 0. The Labute approximate surface area is 95.5 Å². The number of amides is 1. The normalized spacial score (nSPS) is 15.6. The van der Waals surface area contributed by atoms with Crippen LogP contribution < -0.4 is 5.32 Å². The van der Waals surface area contributed by atoms with Gasteiger partial charge in [-0.1, -0.05) is 6.42 Å². The van der Waals surface area contributed by atoms with Crippen molar-refractivity contribution in [2.45, 2.75) is 32.6 Å². The van der Waals surface area contributed by atoms with E-state index in [2.05, 4.69) is 5.32 Å². The van der Waals surface area contributed by atoms with Gasteiger partial charge in [0.2, 0.25) is 5.91 Å². The minimum Gasteiger partial charge on any atom is -0.508 e. The van der Waals surface area contributed by atoms with Crippen molar-refractivity contribution in [3.63, 3.8) is 0 Å². The van der Waals surface area contributed by atoms with Crippen LogP contribution in [-0.2, 0) is 4.79 Å². The lowest BCUT2D eigenvalue weighted by molar-refractivity contribution is -0.117. The number of nitrogens with one attached hydrogen (secondary N) is 1. The van der Waals surface area contributed by atoms with E-state index >= 15 is 0 Å². The number of hydrogen-bond acceptors (Lipinski definition) is 2. The predicted molar refractivity (Wildman–Crippen MR) is 63.4 cm³/mol. The number of phenols is 1. The Balaban J connectivity index is 1.94. The van der Waals surface area contributed by atoms with Crippen LogP contribution in [0.4, 0.5) is 5.69 Å². The molecule has 86 valence electrons. The summed E-state index contributed by atoms with van der Waals surface area (Å²) in [5, 5.41) is 12.1. The van der Waals surface area contributed by atoms with Crippen molar-refractivity contribution < 1.29 is 9.90 Å². The fraction of sp³-hybridized carbons (Fsp3) is 0.462. The number of aryl methyl sites for hydroxylation is 1. The van der Waals surface area contributed by atoms with Gasteiger partial charge >= 0.3 is 0 Å². The van der Waals surface area contributed by atoms with Crippen molar-refractivity contribution in [2.75, 3.05) is 5.32 Å². The van der Waals surface area contributed by atoms with E-state index in [1.54, 1.807) is 18.2 Å². The van der Waals surface area contributed by atoms with E-state index in [-0.39, 0.29) is 11.7 Å². The second-order valence-electron chi connectivity index (χ2n) is 4.55. The van der Waals surface area contributed by atoms with Gasteiger partial charge in [-0.2, -0.15) is 0 Å². The summed E-state index contributed by atoms with van der Waals surface area (Å²) >= 11 is 0. The molecule has 0 spiro atoms. The summed E-state index contributed by atoms with van der Waals surface area (Å²) < 4.78 is 0. The van der Waals surface area contributed by atoms with Gasteiger partial charge in [0.25, 0.3) is 0 Å². The van der Waals surface area contributed by atoms with E-state index in [0.29, 0.717) is 12.3 Å². The molecule has 2 rings (SSSR count). The Hall–Kier alpha value is -1.51. The molecule has 0 saturated heterocycles. The summed E-state index contributed by atoms with van der Waals surface area (Å²) in [5.74, 6) is 0.894. The van der Waals surface area contributed by atoms with E-state index in [1.165, 1.54) is 19.3 Å². The van der Waals surface area contributed by atoms with Crippen molar-refractivity contribution in [3.05, 3.63) is 23.8 Å². The molecule has 0 aromatic heterocycles. The molecule has 1 amide bonds. The number of phenolic OH excluding ortho intramolecular Hbond substituents is 1. The third-order valence-electron chi connectivity index (χ3n) is 3.18. The first-order chi connectivity index (χ1) is 7.65. The molecule has 1 fully saturated rings. The molecule has 0 aliphatic heterocycles. The molecule has 1 aliphatic rings. The Bertz CT molecular complexity index is 397. The maximum atomic E-state index is 11.7. The Morgan fingerprint density at radius 3 is 2.81 bits per heavy atom. The number of carbonyl (C=O) groups is 1. The van der Waals surface area contributed by atoms with Gasteiger partial charge in [-0.25, -0.2) is 0 Å². The highest BCUT2D eigenvalue weighted by Crippen LogP contribution is 2.30. The zero-order valence-corrected chi connectivity index (χ0v) is 9.49. The van der Waals surface area contributed by atoms with Crippen molar-refractivity contribution in [1.29, 1.82) is 0 Å². The third-order valence-corrected chi connectivity index (χ3v) is 3.18. The molecule has 0 bridgehead atoms. The van der Waals surface area contributed by atoms with Gasteiger partial charge in [-0.05, 0) is 49.4 Å². The smallest absolute Gasteiger partial charge is 0.224 e. The molecule has 2 N–H and O–H groups in total. The first-order valence-electron chi connectivity index (χ1n) is 5.74. The highest BCUT2D eigenvalue weighted by atomic mass is 16.3. The summed E-state index contributed by atoms with van der Waals surface area (Å²) in [6, 6.07) is 4.98. The van der Waals surface area contributed by atoms with Crippen molar-refractivity contribution in [2.24, 2.45) is 5.92 Å². The first kappa shape index (κ1) is 11.0. The van der Waals surface area contributed by atoms with Gasteiger partial charge in [0, 0.05) is 12.1 Å². The zero-order chi connectivity index (χ0) is 11.5. The molecule has 1 aliphatic carbocycles. The highest BCUT2D eigenvalue weighted by Gasteiger charge is 2.20. The lowest BCUT2D eigenvalue weighted by Crippen LogP contribution is -2.21. The third kappa shape index (κ3) is 2.54. The number of benzene rings is 1. The van der Waals surface area contributed by atoms with E-state index in [0.717, 1.165) is 11.3 Å². The Kier molecular flexibility index (Phi) is 3.13. The average Bonchev–Trinajstić information content (AvgIpc) is 2.16. The summed E-state index contributed by atoms with van der Waals surface area (Å²) in [6.45, 7) is 1.87. The van der Waals surface area contributed by atoms with Crippen LogP contribution in [0.3, 0.4) is 0 Å². The minimum atomic E-state index is 0.0819. The molecule has 0 atom stereocenters. The Morgan fingerprint density at radius 2 is 2.25 bits per heavy atom. The maximum Gasteiger partial charge on any atom is 0.224 e. The van der Waals surface area contributed by atoms with Gasteiger partial charge in [-0.15, -0.1) is 0 Å². The number of anilines is 1. The van der Waals surface area contributed by atoms with E-state index in [4.69, 9.17) is 0 Å². The topological polar surface area (TPSA) is 49.3 Å². The zero-order valence-electron chi connectivity index (χ0n) is 9.49. The molecule has 3 heteroatoms. The van der Waals surface area contributed by atoms with Crippen molar-refractivity contribution in [1.82, 2.24) is 0 Å². The lowest BCUT2D eigenvalue weighted by Gasteiger charge is -2.24. The number of carbonyl (C=O) groups excluding carboxylic acids is 1. The van der Waals surface area contributed by atoms with Gasteiger partial charge in [0.1, 0.15) is 5.75 Å². The second-order valence-corrected chi connectivity index (χ2v) is 4.55. The summed E-state index contributed by atoms with van der Waals surface area (Å²) in [6.07, 6.45) is 4.25. The van der Waals surface area contributed by atoms with E-state index in [9.17, 15) is 9.90 Å². The summed E-state index contributed by atoms with van der Waals surface area (Å²) in [5.41, 5.74) is 1.68. The molecule has 1 saturated carbocycles. The monoisotopic (exact) mass is 219 g/mol. The van der Waals surface area contributed by atoms with Crippen molar-refractivity contribution in [3.8, 4) is 5.75 Å². The first-order valence-corrected chi connectivity index (χ1v) is 5.74. The van der Waals surface area contributed by atoms with Crippen LogP contribution >= 0.6 is 0 Å². The van der Waals surface area contributed by atoms with Crippen molar-refractivity contribution >= 4 is 11.6 Å². The SMILES string of the molecule is Cc1cc(O)ccc1NC(=O)CC1CCC1. The molecule has 1 aromatic carbocycles. The van der Waals surface area contributed by atoms with Crippen LogP contribution in [0.25, 0.3) is 0 Å². The van der Waals surface area contributed by atoms with E-state index < -0.39 is 0 Å². The fourth-order valence-electron chi connectivity index (χ4n) is 1.95. The van der Waals surface area contributed by atoms with Crippen LogP contribution in [-0.4, -0.2) is 11.0 Å². The fourth-order valence-corrected chi connectivity index (χ4v) is 1.95. The molecular weight excluding hydrogens is 202 g/mol. The molecule has 0 unspecified atom stereocenters. The molecule has 1 aromatic rings. The molecule has 3 nitrogen and oxygen atoms in total. The Morgan fingerprint density at radius 1 is 1.50 bits per heavy atom. The maximum absolute atomic E-state index is 11.7. The number of aromatic hydroxyl groups is 1. The average molecular weight is 219 g/mol. The van der Waals surface area contributed by atoms with Crippen LogP contribution in [0, 0.1) is 12.8 Å². The van der Waals surface area contributed by atoms with Gasteiger partial charge in [0.15, 0.2) is 0 Å². The minimum absolute atomic E-state index is 0.0819. The van der Waals surface area contributed by atoms with Gasteiger partial charge < -0.3 is 10.4 Å². The second kappa shape index (κ2) is 4.56. The molecule has 0 radical (unpaired) electrons. The summed E-state index contributed by atoms with van der Waals surface area (Å²) in [4.78, 5) is 11.7. The largest absolute Gasteiger partial charge is 0.508 e. The van der Waals surface area contributed by atoms with Crippen LogP contribution in [0.1, 0.15) is 31.2 Å². The molecule has 0 heterocycles. The van der Waals surface area contributed by atoms with E-state index in [1.807, 2.05) is 6.92 Å². The standard InChI is InChI=1S/C13H17NO2/c1-9-7-11(15)5-6-12(9)14-13(16)8-10-3-2-4-10/h5-7,10,15H,2-4,8H2,1H3,(H,14,16). The lowest BCUT2D eigenvalue weighted by atomic mass is 9.83. The quantitative estimate of drug-likeness (QED) is 0.768. The van der Waals surface area contributed by atoms with Gasteiger partial charge in [0.05, 0.1) is 0 Å². The molecule has 16 heavy (non-hydrogen) atoms. The number of rotatable bonds is 3. The number of hydrogen-bond donors (Lipinski definition) is 2. The van der Waals surface area contributed by atoms with Crippen LogP contribution in [0.15, 0.2) is 18.2 Å². The molecular formula is C13H17NO2. The van der Waals surface area contributed by atoms with Crippen LogP contribution in [0.5, 0.6) is 5.75 Å².